The minimum atomic E-state index is -4.64. The van der Waals surface area contributed by atoms with Gasteiger partial charge in [0.15, 0.2) is 5.69 Å². The molecule has 12 heteroatoms. The van der Waals surface area contributed by atoms with Gasteiger partial charge in [0.05, 0.1) is 45.7 Å². The van der Waals surface area contributed by atoms with Crippen molar-refractivity contribution in [3.05, 3.63) is 62.6 Å². The number of alkyl halides is 3. The molecule has 0 aliphatic heterocycles. The van der Waals surface area contributed by atoms with Gasteiger partial charge >= 0.3 is 6.18 Å². The zero-order valence-corrected chi connectivity index (χ0v) is 18.7. The molecule has 0 radical (unpaired) electrons. The van der Waals surface area contributed by atoms with Gasteiger partial charge in [-0.3, -0.25) is 14.2 Å². The summed E-state index contributed by atoms with van der Waals surface area (Å²) in [6.07, 6.45) is -0.0653. The molecule has 2 aromatic heterocycles. The average molecular weight is 507 g/mol. The average Bonchev–Trinajstić information content (AvgIpc) is 3.35. The van der Waals surface area contributed by atoms with Gasteiger partial charge < -0.3 is 5.32 Å². The first kappa shape index (κ1) is 22.9. The zero-order valence-electron chi connectivity index (χ0n) is 16.5. The Morgan fingerprint density at radius 1 is 1.19 bits per heavy atom. The lowest BCUT2D eigenvalue weighted by molar-refractivity contribution is -0.141. The van der Waals surface area contributed by atoms with Gasteiger partial charge in [0.2, 0.25) is 5.91 Å². The summed E-state index contributed by atoms with van der Waals surface area (Å²) < 4.78 is 42.3. The van der Waals surface area contributed by atoms with E-state index < -0.39 is 11.9 Å². The minimum absolute atomic E-state index is 0.00905. The molecule has 2 heterocycles. The maximum Gasteiger partial charge on any atom is 0.436 e. The van der Waals surface area contributed by atoms with Gasteiger partial charge in [-0.25, -0.2) is 0 Å². The number of halogens is 6. The predicted molar refractivity (Wildman–Crippen MR) is 115 cm³/mol. The summed E-state index contributed by atoms with van der Waals surface area (Å²) in [5, 5.41) is 11.0. The van der Waals surface area contributed by atoms with Crippen LogP contribution in [-0.4, -0.2) is 25.5 Å². The van der Waals surface area contributed by atoms with Crippen LogP contribution in [0.25, 0.3) is 0 Å². The molecule has 0 unspecified atom stereocenters. The Morgan fingerprint density at radius 2 is 1.94 bits per heavy atom. The van der Waals surface area contributed by atoms with Crippen molar-refractivity contribution in [3.63, 3.8) is 0 Å². The van der Waals surface area contributed by atoms with E-state index in [1.54, 1.807) is 23.0 Å². The Bertz CT molecular complexity index is 1150. The number of aromatic nitrogens is 4. The molecule has 0 saturated heterocycles. The molecule has 1 N–H and O–H groups in total. The van der Waals surface area contributed by atoms with Crippen molar-refractivity contribution in [3.8, 4) is 0 Å². The molecule has 1 aromatic carbocycles. The van der Waals surface area contributed by atoms with Gasteiger partial charge in [0, 0.05) is 18.5 Å². The van der Waals surface area contributed by atoms with Gasteiger partial charge in [0.1, 0.15) is 0 Å². The Kier molecular flexibility index (Phi) is 6.42. The van der Waals surface area contributed by atoms with E-state index in [0.717, 1.165) is 18.4 Å². The van der Waals surface area contributed by atoms with E-state index in [-0.39, 0.29) is 29.8 Å². The number of nitrogens with zero attached hydrogens (tertiary/aromatic N) is 4. The standard InChI is InChI=1S/C20H17Cl3F3N5O/c21-14-4-1-11(7-15(14)22)9-30-10-13(8-27-30)28-16(32)5-6-31-18(12-2-3-12)17(23)19(29-31)20(24,25)26/h1,4,7-8,10,12H,2-3,5-6,9H2,(H,28,32). The third kappa shape index (κ3) is 5.22. The van der Waals surface area contributed by atoms with Crippen molar-refractivity contribution < 1.29 is 18.0 Å². The second kappa shape index (κ2) is 8.96. The molecule has 170 valence electrons. The van der Waals surface area contributed by atoms with Crippen LogP contribution in [0.4, 0.5) is 18.9 Å². The number of carbonyl (C=O) groups excluding carboxylic acids is 1. The van der Waals surface area contributed by atoms with Crippen molar-refractivity contribution in [2.75, 3.05) is 5.32 Å². The lowest BCUT2D eigenvalue weighted by Crippen LogP contribution is -2.16. The van der Waals surface area contributed by atoms with E-state index in [1.165, 1.54) is 10.9 Å². The molecule has 4 rings (SSSR count). The summed E-state index contributed by atoms with van der Waals surface area (Å²) in [4.78, 5) is 12.3. The Hall–Kier alpha value is -2.23. The molecule has 1 aliphatic rings. The number of anilines is 1. The fourth-order valence-corrected chi connectivity index (χ4v) is 4.04. The van der Waals surface area contributed by atoms with Crippen LogP contribution in [-0.2, 0) is 24.1 Å². The summed E-state index contributed by atoms with van der Waals surface area (Å²) in [5.41, 5.74) is 0.585. The first-order chi connectivity index (χ1) is 15.1. The SMILES string of the molecule is O=C(CCn1nc(C(F)(F)F)c(Cl)c1C1CC1)Nc1cnn(Cc2ccc(Cl)c(Cl)c2)c1. The first-order valence-electron chi connectivity index (χ1n) is 9.71. The van der Waals surface area contributed by atoms with E-state index in [1.807, 2.05) is 6.07 Å². The van der Waals surface area contributed by atoms with Crippen molar-refractivity contribution in [1.82, 2.24) is 19.6 Å². The van der Waals surface area contributed by atoms with Crippen LogP contribution >= 0.6 is 34.8 Å². The number of aryl methyl sites for hydroxylation is 1. The smallest absolute Gasteiger partial charge is 0.323 e. The largest absolute Gasteiger partial charge is 0.436 e. The number of hydrogen-bond acceptors (Lipinski definition) is 3. The highest BCUT2D eigenvalue weighted by atomic mass is 35.5. The number of benzene rings is 1. The summed E-state index contributed by atoms with van der Waals surface area (Å²) in [5.74, 6) is -0.422. The molecular formula is C20H17Cl3F3N5O. The third-order valence-electron chi connectivity index (χ3n) is 4.96. The molecule has 3 aromatic rings. The van der Waals surface area contributed by atoms with Crippen LogP contribution in [0.1, 0.15) is 42.1 Å². The van der Waals surface area contributed by atoms with Crippen LogP contribution in [0.15, 0.2) is 30.6 Å². The number of nitrogens with one attached hydrogen (secondary N) is 1. The Balaban J connectivity index is 1.37. The third-order valence-corrected chi connectivity index (χ3v) is 6.07. The van der Waals surface area contributed by atoms with Crippen molar-refractivity contribution in [1.29, 1.82) is 0 Å². The van der Waals surface area contributed by atoms with E-state index >= 15 is 0 Å². The van der Waals surface area contributed by atoms with Crippen LogP contribution in [0, 0.1) is 0 Å². The van der Waals surface area contributed by atoms with Gasteiger partial charge in [-0.05, 0) is 30.5 Å². The van der Waals surface area contributed by atoms with Crippen LogP contribution in [0.3, 0.4) is 0 Å². The van der Waals surface area contributed by atoms with Crippen LogP contribution < -0.4 is 5.32 Å². The maximum absolute atomic E-state index is 13.1. The van der Waals surface area contributed by atoms with E-state index in [9.17, 15) is 18.0 Å². The van der Waals surface area contributed by atoms with Crippen molar-refractivity contribution in [2.45, 2.75) is 44.4 Å². The lowest BCUT2D eigenvalue weighted by atomic mass is 10.2. The molecule has 1 aliphatic carbocycles. The second-order valence-corrected chi connectivity index (χ2v) is 8.71. The predicted octanol–water partition coefficient (Wildman–Crippen LogP) is 6.01. The Morgan fingerprint density at radius 3 is 2.59 bits per heavy atom. The fourth-order valence-electron chi connectivity index (χ4n) is 3.32. The second-order valence-electron chi connectivity index (χ2n) is 7.52. The van der Waals surface area contributed by atoms with Crippen molar-refractivity contribution in [2.24, 2.45) is 0 Å². The van der Waals surface area contributed by atoms with Gasteiger partial charge in [-0.1, -0.05) is 40.9 Å². The molecule has 0 atom stereocenters. The zero-order chi connectivity index (χ0) is 23.0. The molecular weight excluding hydrogens is 490 g/mol. The minimum Gasteiger partial charge on any atom is -0.323 e. The number of hydrogen-bond donors (Lipinski definition) is 1. The lowest BCUT2D eigenvalue weighted by Gasteiger charge is -2.07. The van der Waals surface area contributed by atoms with E-state index in [2.05, 4.69) is 15.5 Å². The first-order valence-corrected chi connectivity index (χ1v) is 10.8. The topological polar surface area (TPSA) is 64.7 Å². The summed E-state index contributed by atoms with van der Waals surface area (Å²) in [6.45, 7) is 0.411. The monoisotopic (exact) mass is 505 g/mol. The molecule has 0 spiro atoms. The summed E-state index contributed by atoms with van der Waals surface area (Å²) in [6, 6.07) is 5.23. The van der Waals surface area contributed by atoms with Gasteiger partial charge in [-0.15, -0.1) is 0 Å². The summed E-state index contributed by atoms with van der Waals surface area (Å²) in [7, 11) is 0. The van der Waals surface area contributed by atoms with Crippen molar-refractivity contribution >= 4 is 46.4 Å². The quantitative estimate of drug-likeness (QED) is 0.427. The molecule has 32 heavy (non-hydrogen) atoms. The fraction of sp³-hybridized carbons (Fsp3) is 0.350. The van der Waals surface area contributed by atoms with E-state index in [0.29, 0.717) is 28.0 Å². The number of rotatable bonds is 7. The van der Waals surface area contributed by atoms with Crippen LogP contribution in [0.5, 0.6) is 0 Å². The van der Waals surface area contributed by atoms with E-state index in [4.69, 9.17) is 34.8 Å². The summed E-state index contributed by atoms with van der Waals surface area (Å²) >= 11 is 17.9. The van der Waals surface area contributed by atoms with Gasteiger partial charge in [0.25, 0.3) is 0 Å². The maximum atomic E-state index is 13.1. The van der Waals surface area contributed by atoms with Crippen LogP contribution in [0.2, 0.25) is 15.1 Å². The molecule has 1 amide bonds. The number of amides is 1. The highest BCUT2D eigenvalue weighted by molar-refractivity contribution is 6.42. The molecule has 0 bridgehead atoms. The molecule has 1 saturated carbocycles. The highest BCUT2D eigenvalue weighted by Crippen LogP contribution is 2.46. The normalized spacial score (nSPS) is 14.1. The number of carbonyl (C=O) groups is 1. The molecule has 1 fully saturated rings. The highest BCUT2D eigenvalue weighted by Gasteiger charge is 2.42. The van der Waals surface area contributed by atoms with Gasteiger partial charge in [-0.2, -0.15) is 23.4 Å². The molecule has 6 nitrogen and oxygen atoms in total. The Labute approximate surface area is 196 Å².